The fourth-order valence-electron chi connectivity index (χ4n) is 3.53. The van der Waals surface area contributed by atoms with Crippen LogP contribution in [0, 0.1) is 0 Å². The molecule has 0 saturated heterocycles. The minimum absolute atomic E-state index is 0.0952. The fraction of sp³-hybridized carbons (Fsp3) is 0.759. The van der Waals surface area contributed by atoms with Gasteiger partial charge < -0.3 is 14.6 Å². The Hall–Kier alpha value is -1.95. The van der Waals surface area contributed by atoms with E-state index in [1.807, 2.05) is 12.2 Å². The molecule has 0 unspecified atom stereocenters. The van der Waals surface area contributed by atoms with Crippen molar-refractivity contribution in [1.29, 1.82) is 0 Å². The lowest BCUT2D eigenvalue weighted by Crippen LogP contribution is -2.28. The van der Waals surface area contributed by atoms with Crippen molar-refractivity contribution in [3.8, 4) is 0 Å². The number of carbonyl (C=O) groups excluding carboxylic acids is 3. The van der Waals surface area contributed by atoms with Gasteiger partial charge in [0.15, 0.2) is 11.9 Å². The standard InChI is InChI=1S/C29H50O6/c1-3-5-7-13-19-23-29(33)35-27(24-30)25-34-28(32)22-18-15-12-10-8-9-11-14-17-21-26(31)20-16-6-4-2/h11,14,17,21,27,30H,3-10,12-13,15-16,18-20,22-25H2,1-2H3/b14-11-,21-17+/t27-/m0/s1. The predicted octanol–water partition coefficient (Wildman–Crippen LogP) is 6.79. The smallest absolute Gasteiger partial charge is 0.306 e. The highest BCUT2D eigenvalue weighted by atomic mass is 16.6. The number of hydrogen-bond acceptors (Lipinski definition) is 6. The zero-order chi connectivity index (χ0) is 26.0. The molecular weight excluding hydrogens is 444 g/mol. The van der Waals surface area contributed by atoms with Crippen LogP contribution in [0.1, 0.15) is 123 Å². The molecular formula is C29H50O6. The van der Waals surface area contributed by atoms with Crippen LogP contribution in [0.25, 0.3) is 0 Å². The predicted molar refractivity (Wildman–Crippen MR) is 141 cm³/mol. The first-order chi connectivity index (χ1) is 17.0. The van der Waals surface area contributed by atoms with Crippen molar-refractivity contribution in [3.63, 3.8) is 0 Å². The number of unbranched alkanes of at least 4 members (excludes halogenated alkanes) is 11. The van der Waals surface area contributed by atoms with Crippen LogP contribution in [0.3, 0.4) is 0 Å². The lowest BCUT2D eigenvalue weighted by Gasteiger charge is -2.15. The fourth-order valence-corrected chi connectivity index (χ4v) is 3.53. The molecule has 0 aromatic carbocycles. The summed E-state index contributed by atoms with van der Waals surface area (Å²) in [6, 6.07) is 0. The average Bonchev–Trinajstić information content (AvgIpc) is 2.85. The largest absolute Gasteiger partial charge is 0.462 e. The molecule has 0 aromatic rings. The quantitative estimate of drug-likeness (QED) is 0.0688. The number of allylic oxidation sites excluding steroid dienone is 4. The number of rotatable bonds is 24. The molecule has 1 N–H and O–H groups in total. The first-order valence-corrected chi connectivity index (χ1v) is 13.8. The molecule has 6 nitrogen and oxygen atoms in total. The van der Waals surface area contributed by atoms with Gasteiger partial charge >= 0.3 is 11.9 Å². The second-order valence-corrected chi connectivity index (χ2v) is 9.16. The molecule has 0 rings (SSSR count). The summed E-state index contributed by atoms with van der Waals surface area (Å²) in [5.74, 6) is -0.473. The Morgan fingerprint density at radius 2 is 1.29 bits per heavy atom. The molecule has 6 heteroatoms. The maximum Gasteiger partial charge on any atom is 0.306 e. The molecule has 0 aromatic heterocycles. The Bertz CT molecular complexity index is 596. The third-order valence-electron chi connectivity index (χ3n) is 5.72. The number of ether oxygens (including phenoxy) is 2. The SMILES string of the molecule is CCCCCCCC(=O)O[C@@H](CO)COC(=O)CCCCCCC/C=C\C=C\C(=O)CCCCC. The molecule has 0 aliphatic rings. The van der Waals surface area contributed by atoms with Crippen LogP contribution in [0.2, 0.25) is 0 Å². The van der Waals surface area contributed by atoms with Crippen molar-refractivity contribution in [2.75, 3.05) is 13.2 Å². The monoisotopic (exact) mass is 494 g/mol. The maximum absolute atomic E-state index is 11.9. The van der Waals surface area contributed by atoms with E-state index in [9.17, 15) is 19.5 Å². The Morgan fingerprint density at radius 1 is 0.714 bits per heavy atom. The number of carbonyl (C=O) groups is 3. The second-order valence-electron chi connectivity index (χ2n) is 9.16. The number of aliphatic hydroxyl groups is 1. The zero-order valence-electron chi connectivity index (χ0n) is 22.3. The van der Waals surface area contributed by atoms with Crippen LogP contribution in [-0.4, -0.2) is 42.1 Å². The van der Waals surface area contributed by atoms with Crippen LogP contribution >= 0.6 is 0 Å². The summed E-state index contributed by atoms with van der Waals surface area (Å²) in [4.78, 5) is 35.3. The molecule has 0 fully saturated rings. The van der Waals surface area contributed by atoms with Crippen LogP contribution in [0.4, 0.5) is 0 Å². The van der Waals surface area contributed by atoms with Gasteiger partial charge in [0.2, 0.25) is 0 Å². The molecule has 0 spiro atoms. The minimum atomic E-state index is -0.788. The normalized spacial score (nSPS) is 12.3. The van der Waals surface area contributed by atoms with Crippen molar-refractivity contribution in [1.82, 2.24) is 0 Å². The summed E-state index contributed by atoms with van der Waals surface area (Å²) in [5.41, 5.74) is 0. The van der Waals surface area contributed by atoms with Gasteiger partial charge in [-0.2, -0.15) is 0 Å². The van der Waals surface area contributed by atoms with Crippen molar-refractivity contribution < 1.29 is 29.0 Å². The first-order valence-electron chi connectivity index (χ1n) is 13.8. The summed E-state index contributed by atoms with van der Waals surface area (Å²) in [5, 5.41) is 9.37. The summed E-state index contributed by atoms with van der Waals surface area (Å²) in [6.45, 7) is 3.82. The number of ketones is 1. The van der Waals surface area contributed by atoms with Gasteiger partial charge in [0.1, 0.15) is 6.61 Å². The topological polar surface area (TPSA) is 89.9 Å². The molecule has 0 radical (unpaired) electrons. The molecule has 0 aliphatic carbocycles. The van der Waals surface area contributed by atoms with E-state index in [2.05, 4.69) is 19.9 Å². The highest BCUT2D eigenvalue weighted by Gasteiger charge is 2.16. The molecule has 0 heterocycles. The third-order valence-corrected chi connectivity index (χ3v) is 5.72. The van der Waals surface area contributed by atoms with Crippen LogP contribution in [0.5, 0.6) is 0 Å². The van der Waals surface area contributed by atoms with Gasteiger partial charge in [-0.25, -0.2) is 0 Å². The molecule has 0 saturated carbocycles. The van der Waals surface area contributed by atoms with Crippen molar-refractivity contribution in [2.24, 2.45) is 0 Å². The summed E-state index contributed by atoms with van der Waals surface area (Å²) >= 11 is 0. The third kappa shape index (κ3) is 23.6. The van der Waals surface area contributed by atoms with E-state index >= 15 is 0 Å². The van der Waals surface area contributed by atoms with Gasteiger partial charge in [-0.1, -0.05) is 89.9 Å². The average molecular weight is 495 g/mol. The van der Waals surface area contributed by atoms with Crippen LogP contribution in [-0.2, 0) is 23.9 Å². The van der Waals surface area contributed by atoms with Gasteiger partial charge in [-0.3, -0.25) is 14.4 Å². The van der Waals surface area contributed by atoms with E-state index in [1.165, 1.54) is 6.42 Å². The molecule has 0 bridgehead atoms. The van der Waals surface area contributed by atoms with E-state index in [0.29, 0.717) is 19.3 Å². The highest BCUT2D eigenvalue weighted by Crippen LogP contribution is 2.10. The summed E-state index contributed by atoms with van der Waals surface area (Å²) in [6.07, 6.45) is 22.4. The minimum Gasteiger partial charge on any atom is -0.462 e. The van der Waals surface area contributed by atoms with Crippen molar-refractivity contribution in [2.45, 2.75) is 129 Å². The summed E-state index contributed by atoms with van der Waals surface area (Å²) < 4.78 is 10.4. The molecule has 35 heavy (non-hydrogen) atoms. The Labute approximate surface area is 213 Å². The molecule has 1 atom stereocenters. The number of esters is 2. The lowest BCUT2D eigenvalue weighted by molar-refractivity contribution is -0.161. The van der Waals surface area contributed by atoms with Gasteiger partial charge in [0, 0.05) is 19.3 Å². The molecule has 0 aliphatic heterocycles. The van der Waals surface area contributed by atoms with Crippen molar-refractivity contribution in [3.05, 3.63) is 24.3 Å². The summed E-state index contributed by atoms with van der Waals surface area (Å²) in [7, 11) is 0. The van der Waals surface area contributed by atoms with Gasteiger partial charge in [0.25, 0.3) is 0 Å². The van der Waals surface area contributed by atoms with Crippen LogP contribution in [0.15, 0.2) is 24.3 Å². The van der Waals surface area contributed by atoms with Gasteiger partial charge in [0.05, 0.1) is 6.61 Å². The van der Waals surface area contributed by atoms with E-state index in [-0.39, 0.29) is 30.9 Å². The van der Waals surface area contributed by atoms with E-state index < -0.39 is 6.10 Å². The first kappa shape index (κ1) is 33.0. The second kappa shape index (κ2) is 25.2. The van der Waals surface area contributed by atoms with E-state index in [4.69, 9.17) is 9.47 Å². The Balaban J connectivity index is 3.69. The molecule has 202 valence electrons. The van der Waals surface area contributed by atoms with Gasteiger partial charge in [-0.05, 0) is 38.2 Å². The number of hydrogen-bond donors (Lipinski definition) is 1. The molecule has 0 amide bonds. The zero-order valence-corrected chi connectivity index (χ0v) is 22.3. The highest BCUT2D eigenvalue weighted by molar-refractivity contribution is 5.89. The van der Waals surface area contributed by atoms with Crippen LogP contribution < -0.4 is 0 Å². The number of aliphatic hydroxyl groups excluding tert-OH is 1. The lowest BCUT2D eigenvalue weighted by atomic mass is 10.1. The maximum atomic E-state index is 11.9. The Kier molecular flexibility index (Phi) is 23.8. The van der Waals surface area contributed by atoms with E-state index in [0.717, 1.165) is 83.5 Å². The van der Waals surface area contributed by atoms with Gasteiger partial charge in [-0.15, -0.1) is 0 Å². The van der Waals surface area contributed by atoms with E-state index in [1.54, 1.807) is 6.08 Å². The van der Waals surface area contributed by atoms with Crippen molar-refractivity contribution >= 4 is 17.7 Å². The Morgan fingerprint density at radius 3 is 1.97 bits per heavy atom.